The molecule has 1 aliphatic heterocycles. The van der Waals surface area contributed by atoms with Crippen LogP contribution in [-0.2, 0) is 4.79 Å². The van der Waals surface area contributed by atoms with Gasteiger partial charge in [-0.25, -0.2) is 8.78 Å². The van der Waals surface area contributed by atoms with Gasteiger partial charge in [0, 0.05) is 37.3 Å². The number of likely N-dealkylation sites (tertiary alicyclic amines) is 1. The van der Waals surface area contributed by atoms with Crippen molar-refractivity contribution in [3.05, 3.63) is 71.3 Å². The first-order valence-corrected chi connectivity index (χ1v) is 11.2. The van der Waals surface area contributed by atoms with Gasteiger partial charge in [-0.15, -0.1) is 0 Å². The van der Waals surface area contributed by atoms with Crippen molar-refractivity contribution < 1.29 is 23.2 Å². The zero-order valence-electron chi connectivity index (χ0n) is 18.9. The molecule has 6 nitrogen and oxygen atoms in total. The van der Waals surface area contributed by atoms with Gasteiger partial charge in [-0.3, -0.25) is 14.4 Å². The van der Waals surface area contributed by atoms with E-state index in [1.54, 1.807) is 9.80 Å². The molecule has 0 bridgehead atoms. The van der Waals surface area contributed by atoms with Gasteiger partial charge in [-0.05, 0) is 81.1 Å². The molecule has 176 valence electrons. The normalized spacial score (nSPS) is 15.1. The lowest BCUT2D eigenvalue weighted by atomic mass is 9.87. The molecule has 1 aliphatic rings. The van der Waals surface area contributed by atoms with Crippen molar-refractivity contribution in [1.82, 2.24) is 15.1 Å². The van der Waals surface area contributed by atoms with Crippen molar-refractivity contribution in [3.63, 3.8) is 0 Å². The highest BCUT2D eigenvalue weighted by Gasteiger charge is 2.35. The number of benzene rings is 2. The van der Waals surface area contributed by atoms with Gasteiger partial charge in [0.15, 0.2) is 0 Å². The highest BCUT2D eigenvalue weighted by molar-refractivity contribution is 5.97. The third kappa shape index (κ3) is 5.94. The molecule has 0 saturated carbocycles. The summed E-state index contributed by atoms with van der Waals surface area (Å²) in [6.07, 6.45) is 1.07. The summed E-state index contributed by atoms with van der Waals surface area (Å²) in [6.45, 7) is 5.64. The number of carbonyl (C=O) groups is 3. The van der Waals surface area contributed by atoms with Crippen LogP contribution in [0.1, 0.15) is 47.4 Å². The Kier molecular flexibility index (Phi) is 8.14. The number of nitrogens with zero attached hydrogens (tertiary/aromatic N) is 2. The van der Waals surface area contributed by atoms with Crippen LogP contribution in [0.4, 0.5) is 8.78 Å². The number of nitrogens with one attached hydrogen (secondary N) is 1. The Bertz CT molecular complexity index is 967. The fraction of sp³-hybridized carbons (Fsp3) is 0.400. The first kappa shape index (κ1) is 24.4. The van der Waals surface area contributed by atoms with Crippen molar-refractivity contribution in [2.45, 2.75) is 32.7 Å². The van der Waals surface area contributed by atoms with E-state index in [1.807, 2.05) is 13.8 Å². The summed E-state index contributed by atoms with van der Waals surface area (Å²) in [7, 11) is 0. The fourth-order valence-corrected chi connectivity index (χ4v) is 4.15. The summed E-state index contributed by atoms with van der Waals surface area (Å²) in [5.41, 5.74) is 0.688. The SMILES string of the molecule is CCN(CC)C(=O)C(NC(=O)c1ccc(F)cc1)C1CCN(C(=O)c2ccc(F)cc2)CC1. The number of piperidine rings is 1. The lowest BCUT2D eigenvalue weighted by Gasteiger charge is -2.37. The molecular weight excluding hydrogens is 428 g/mol. The molecule has 0 aromatic heterocycles. The van der Waals surface area contributed by atoms with Gasteiger partial charge in [0.2, 0.25) is 5.91 Å². The number of hydrogen-bond donors (Lipinski definition) is 1. The molecule has 0 radical (unpaired) electrons. The van der Waals surface area contributed by atoms with Crippen LogP contribution >= 0.6 is 0 Å². The topological polar surface area (TPSA) is 69.7 Å². The number of likely N-dealkylation sites (N-methyl/N-ethyl adjacent to an activating group) is 1. The second-order valence-corrected chi connectivity index (χ2v) is 8.11. The predicted molar refractivity (Wildman–Crippen MR) is 121 cm³/mol. The second-order valence-electron chi connectivity index (χ2n) is 8.11. The van der Waals surface area contributed by atoms with Crippen LogP contribution < -0.4 is 5.32 Å². The zero-order chi connectivity index (χ0) is 24.0. The molecular formula is C25H29F2N3O3. The van der Waals surface area contributed by atoms with E-state index in [9.17, 15) is 23.2 Å². The number of carbonyl (C=O) groups excluding carboxylic acids is 3. The van der Waals surface area contributed by atoms with Gasteiger partial charge >= 0.3 is 0 Å². The van der Waals surface area contributed by atoms with E-state index in [4.69, 9.17) is 0 Å². The number of rotatable bonds is 7. The van der Waals surface area contributed by atoms with Crippen LogP contribution in [0.5, 0.6) is 0 Å². The summed E-state index contributed by atoms with van der Waals surface area (Å²) >= 11 is 0. The summed E-state index contributed by atoms with van der Waals surface area (Å²) in [6, 6.07) is 9.85. The maximum atomic E-state index is 13.2. The van der Waals surface area contributed by atoms with Gasteiger partial charge in [-0.2, -0.15) is 0 Å². The molecule has 0 spiro atoms. The molecule has 1 N–H and O–H groups in total. The molecule has 2 aromatic rings. The molecule has 3 amide bonds. The Morgan fingerprint density at radius 3 is 1.88 bits per heavy atom. The van der Waals surface area contributed by atoms with E-state index in [-0.39, 0.29) is 23.3 Å². The van der Waals surface area contributed by atoms with Gasteiger partial charge in [-0.1, -0.05) is 0 Å². The largest absolute Gasteiger partial charge is 0.341 e. The summed E-state index contributed by atoms with van der Waals surface area (Å²) in [5, 5.41) is 2.86. The molecule has 1 atom stereocenters. The monoisotopic (exact) mass is 457 g/mol. The summed E-state index contributed by atoms with van der Waals surface area (Å²) < 4.78 is 26.4. The van der Waals surface area contributed by atoms with Crippen LogP contribution in [0, 0.1) is 17.6 Å². The number of amides is 3. The molecule has 2 aromatic carbocycles. The quantitative estimate of drug-likeness (QED) is 0.692. The van der Waals surface area contributed by atoms with Gasteiger partial charge in [0.05, 0.1) is 0 Å². The minimum Gasteiger partial charge on any atom is -0.341 e. The first-order valence-electron chi connectivity index (χ1n) is 11.2. The van der Waals surface area contributed by atoms with Crippen molar-refractivity contribution in [2.75, 3.05) is 26.2 Å². The van der Waals surface area contributed by atoms with Crippen molar-refractivity contribution >= 4 is 17.7 Å². The van der Waals surface area contributed by atoms with Gasteiger partial charge in [0.25, 0.3) is 11.8 Å². The van der Waals surface area contributed by atoms with Crippen molar-refractivity contribution in [3.8, 4) is 0 Å². The molecule has 33 heavy (non-hydrogen) atoms. The maximum Gasteiger partial charge on any atom is 0.253 e. The van der Waals surface area contributed by atoms with Crippen LogP contribution in [0.25, 0.3) is 0 Å². The second kappa shape index (κ2) is 11.0. The van der Waals surface area contributed by atoms with Gasteiger partial charge < -0.3 is 15.1 Å². The van der Waals surface area contributed by atoms with Crippen LogP contribution in [0.3, 0.4) is 0 Å². The Labute approximate surface area is 192 Å². The van der Waals surface area contributed by atoms with E-state index in [2.05, 4.69) is 5.32 Å². The van der Waals surface area contributed by atoms with Crippen LogP contribution in [0.2, 0.25) is 0 Å². The summed E-state index contributed by atoms with van der Waals surface area (Å²) in [5.74, 6) is -1.79. The Morgan fingerprint density at radius 2 is 1.39 bits per heavy atom. The number of halogens is 2. The fourth-order valence-electron chi connectivity index (χ4n) is 4.15. The minimum absolute atomic E-state index is 0.153. The van der Waals surface area contributed by atoms with Crippen molar-refractivity contribution in [1.29, 1.82) is 0 Å². The van der Waals surface area contributed by atoms with Crippen LogP contribution in [-0.4, -0.2) is 59.7 Å². The first-order chi connectivity index (χ1) is 15.8. The Morgan fingerprint density at radius 1 is 0.909 bits per heavy atom. The standard InChI is InChI=1S/C25H29F2N3O3/c1-3-29(4-2)25(33)22(28-23(31)18-5-9-20(26)10-6-18)17-13-15-30(16-14-17)24(32)19-7-11-21(27)12-8-19/h5-12,17,22H,3-4,13-16H2,1-2H3,(H,28,31). The molecule has 1 saturated heterocycles. The molecule has 1 fully saturated rings. The Balaban J connectivity index is 1.72. The lowest BCUT2D eigenvalue weighted by Crippen LogP contribution is -2.54. The molecule has 0 aliphatic carbocycles. The highest BCUT2D eigenvalue weighted by atomic mass is 19.1. The zero-order valence-corrected chi connectivity index (χ0v) is 18.9. The van der Waals surface area contributed by atoms with E-state index in [0.29, 0.717) is 44.6 Å². The molecule has 1 unspecified atom stereocenters. The third-order valence-electron chi connectivity index (χ3n) is 6.12. The van der Waals surface area contributed by atoms with E-state index in [0.717, 1.165) is 0 Å². The van der Waals surface area contributed by atoms with E-state index in [1.165, 1.54) is 48.5 Å². The maximum absolute atomic E-state index is 13.2. The summed E-state index contributed by atoms with van der Waals surface area (Å²) in [4.78, 5) is 42.1. The van der Waals surface area contributed by atoms with Crippen LogP contribution in [0.15, 0.2) is 48.5 Å². The smallest absolute Gasteiger partial charge is 0.253 e. The van der Waals surface area contributed by atoms with Crippen molar-refractivity contribution in [2.24, 2.45) is 5.92 Å². The molecule has 8 heteroatoms. The van der Waals surface area contributed by atoms with E-state index < -0.39 is 23.6 Å². The molecule has 1 heterocycles. The average Bonchev–Trinajstić information content (AvgIpc) is 2.83. The minimum atomic E-state index is -0.745. The average molecular weight is 458 g/mol. The Hall–Kier alpha value is -3.29. The third-order valence-corrected chi connectivity index (χ3v) is 6.12. The van der Waals surface area contributed by atoms with Gasteiger partial charge in [0.1, 0.15) is 17.7 Å². The molecule has 3 rings (SSSR count). The number of hydrogen-bond acceptors (Lipinski definition) is 3. The van der Waals surface area contributed by atoms with E-state index >= 15 is 0 Å². The lowest BCUT2D eigenvalue weighted by molar-refractivity contribution is -0.134. The highest BCUT2D eigenvalue weighted by Crippen LogP contribution is 2.24. The predicted octanol–water partition coefficient (Wildman–Crippen LogP) is 3.48.